The van der Waals surface area contributed by atoms with Crippen molar-refractivity contribution < 1.29 is 9.72 Å². The number of hydrogen-bond donors (Lipinski definition) is 2. The lowest BCUT2D eigenvalue weighted by Gasteiger charge is -2.24. The quantitative estimate of drug-likeness (QED) is 0.637. The molecule has 1 aromatic carbocycles. The number of carbonyl (C=O) groups is 1. The highest BCUT2D eigenvalue weighted by Crippen LogP contribution is 2.20. The van der Waals surface area contributed by atoms with Crippen LogP contribution in [-0.2, 0) is 0 Å². The zero-order valence-electron chi connectivity index (χ0n) is 11.0. The summed E-state index contributed by atoms with van der Waals surface area (Å²) in [6.45, 7) is 5.20. The maximum atomic E-state index is 12.1. The average molecular weight is 263 g/mol. The Balaban J connectivity index is 2.19. The van der Waals surface area contributed by atoms with E-state index in [1.54, 1.807) is 19.1 Å². The van der Waals surface area contributed by atoms with Crippen molar-refractivity contribution in [3.05, 3.63) is 39.4 Å². The molecule has 102 valence electrons. The van der Waals surface area contributed by atoms with E-state index < -0.39 is 4.92 Å². The summed E-state index contributed by atoms with van der Waals surface area (Å²) in [7, 11) is 0. The van der Waals surface area contributed by atoms with Crippen LogP contribution in [0.25, 0.3) is 0 Å². The van der Waals surface area contributed by atoms with Gasteiger partial charge < -0.3 is 10.6 Å². The molecule has 1 fully saturated rings. The number of amides is 1. The SMILES string of the molecule is Cc1ccc(C(=O)NC2(C)CCNC2)cc1[N+](=O)[O-]. The molecule has 1 aliphatic rings. The second kappa shape index (κ2) is 4.97. The summed E-state index contributed by atoms with van der Waals surface area (Å²) in [4.78, 5) is 22.5. The van der Waals surface area contributed by atoms with Crippen LogP contribution in [0.1, 0.15) is 29.3 Å². The van der Waals surface area contributed by atoms with Gasteiger partial charge in [-0.15, -0.1) is 0 Å². The highest BCUT2D eigenvalue weighted by molar-refractivity contribution is 5.95. The first kappa shape index (κ1) is 13.5. The van der Waals surface area contributed by atoms with Gasteiger partial charge in [-0.05, 0) is 32.9 Å². The third-order valence-electron chi connectivity index (χ3n) is 3.45. The molecule has 2 N–H and O–H groups in total. The summed E-state index contributed by atoms with van der Waals surface area (Å²) in [5.74, 6) is -0.269. The summed E-state index contributed by atoms with van der Waals surface area (Å²) < 4.78 is 0. The molecular formula is C13H17N3O3. The first-order valence-corrected chi connectivity index (χ1v) is 6.20. The van der Waals surface area contributed by atoms with Crippen molar-refractivity contribution in [3.63, 3.8) is 0 Å². The number of nitrogens with one attached hydrogen (secondary N) is 2. The molecule has 1 atom stereocenters. The molecule has 1 unspecified atom stereocenters. The summed E-state index contributed by atoms with van der Waals surface area (Å²) in [6, 6.07) is 4.54. The van der Waals surface area contributed by atoms with Gasteiger partial charge in [0.05, 0.1) is 10.5 Å². The fraction of sp³-hybridized carbons (Fsp3) is 0.462. The van der Waals surface area contributed by atoms with Crippen molar-refractivity contribution in [2.24, 2.45) is 0 Å². The van der Waals surface area contributed by atoms with Crippen molar-refractivity contribution >= 4 is 11.6 Å². The minimum absolute atomic E-state index is 0.0256. The second-order valence-corrected chi connectivity index (χ2v) is 5.20. The van der Waals surface area contributed by atoms with E-state index >= 15 is 0 Å². The Morgan fingerprint density at radius 3 is 2.84 bits per heavy atom. The van der Waals surface area contributed by atoms with Crippen LogP contribution in [-0.4, -0.2) is 29.5 Å². The van der Waals surface area contributed by atoms with Gasteiger partial charge in [-0.2, -0.15) is 0 Å². The predicted molar refractivity (Wildman–Crippen MR) is 71.2 cm³/mol. The lowest BCUT2D eigenvalue weighted by molar-refractivity contribution is -0.385. The molecule has 0 bridgehead atoms. The largest absolute Gasteiger partial charge is 0.346 e. The van der Waals surface area contributed by atoms with Crippen LogP contribution >= 0.6 is 0 Å². The van der Waals surface area contributed by atoms with Crippen LogP contribution in [0.5, 0.6) is 0 Å². The van der Waals surface area contributed by atoms with E-state index in [1.807, 2.05) is 6.92 Å². The normalized spacial score (nSPS) is 22.2. The summed E-state index contributed by atoms with van der Waals surface area (Å²) in [6.07, 6.45) is 0.854. The Kier molecular flexibility index (Phi) is 3.53. The molecule has 0 aromatic heterocycles. The van der Waals surface area contributed by atoms with Crippen molar-refractivity contribution in [3.8, 4) is 0 Å². The van der Waals surface area contributed by atoms with E-state index in [0.717, 1.165) is 13.0 Å². The van der Waals surface area contributed by atoms with Crippen LogP contribution < -0.4 is 10.6 Å². The molecule has 6 nitrogen and oxygen atoms in total. The zero-order chi connectivity index (χ0) is 14.0. The van der Waals surface area contributed by atoms with Gasteiger partial charge >= 0.3 is 0 Å². The highest BCUT2D eigenvalue weighted by Gasteiger charge is 2.30. The summed E-state index contributed by atoms with van der Waals surface area (Å²) >= 11 is 0. The molecule has 0 spiro atoms. The zero-order valence-corrected chi connectivity index (χ0v) is 11.0. The molecular weight excluding hydrogens is 246 g/mol. The molecule has 1 amide bonds. The number of hydrogen-bond acceptors (Lipinski definition) is 4. The minimum Gasteiger partial charge on any atom is -0.346 e. The smallest absolute Gasteiger partial charge is 0.273 e. The molecule has 1 heterocycles. The van der Waals surface area contributed by atoms with Crippen LogP contribution in [0.15, 0.2) is 18.2 Å². The van der Waals surface area contributed by atoms with Crippen LogP contribution in [0.4, 0.5) is 5.69 Å². The predicted octanol–water partition coefficient (Wildman–Crippen LogP) is 1.39. The van der Waals surface area contributed by atoms with E-state index in [2.05, 4.69) is 10.6 Å². The molecule has 1 saturated heterocycles. The monoisotopic (exact) mass is 263 g/mol. The van der Waals surface area contributed by atoms with E-state index in [9.17, 15) is 14.9 Å². The van der Waals surface area contributed by atoms with E-state index in [4.69, 9.17) is 0 Å². The van der Waals surface area contributed by atoms with Crippen molar-refractivity contribution in [2.75, 3.05) is 13.1 Å². The maximum Gasteiger partial charge on any atom is 0.273 e. The third-order valence-corrected chi connectivity index (χ3v) is 3.45. The van der Waals surface area contributed by atoms with Gasteiger partial charge in [0.15, 0.2) is 0 Å². The number of aryl methyl sites for hydroxylation is 1. The Morgan fingerprint density at radius 1 is 1.53 bits per heavy atom. The molecule has 1 aromatic rings. The van der Waals surface area contributed by atoms with Crippen molar-refractivity contribution in [1.82, 2.24) is 10.6 Å². The van der Waals surface area contributed by atoms with Crippen LogP contribution in [0, 0.1) is 17.0 Å². The average Bonchev–Trinajstić information content (AvgIpc) is 2.75. The van der Waals surface area contributed by atoms with Gasteiger partial charge in [-0.25, -0.2) is 0 Å². The fourth-order valence-corrected chi connectivity index (χ4v) is 2.22. The topological polar surface area (TPSA) is 84.3 Å². The number of benzene rings is 1. The summed E-state index contributed by atoms with van der Waals surface area (Å²) in [5.41, 5.74) is 0.569. The second-order valence-electron chi connectivity index (χ2n) is 5.20. The number of carbonyl (C=O) groups excluding carboxylic acids is 1. The lowest BCUT2D eigenvalue weighted by Crippen LogP contribution is -2.47. The number of nitro groups is 1. The first-order valence-electron chi connectivity index (χ1n) is 6.20. The summed E-state index contributed by atoms with van der Waals surface area (Å²) in [5, 5.41) is 17.0. The minimum atomic E-state index is -0.467. The molecule has 19 heavy (non-hydrogen) atoms. The molecule has 1 aliphatic heterocycles. The van der Waals surface area contributed by atoms with Gasteiger partial charge in [-0.1, -0.05) is 6.07 Å². The first-order chi connectivity index (χ1) is 8.91. The maximum absolute atomic E-state index is 12.1. The Morgan fingerprint density at radius 2 is 2.26 bits per heavy atom. The van der Waals surface area contributed by atoms with Gasteiger partial charge in [0.2, 0.25) is 0 Å². The van der Waals surface area contributed by atoms with Gasteiger partial charge in [0.1, 0.15) is 0 Å². The van der Waals surface area contributed by atoms with E-state index in [0.29, 0.717) is 17.7 Å². The molecule has 2 rings (SSSR count). The molecule has 0 radical (unpaired) electrons. The third kappa shape index (κ3) is 2.90. The van der Waals surface area contributed by atoms with E-state index in [-0.39, 0.29) is 17.1 Å². The van der Waals surface area contributed by atoms with Crippen molar-refractivity contribution in [1.29, 1.82) is 0 Å². The molecule has 0 aliphatic carbocycles. The highest BCUT2D eigenvalue weighted by atomic mass is 16.6. The molecule has 0 saturated carbocycles. The number of nitrogens with zero attached hydrogens (tertiary/aromatic N) is 1. The number of nitro benzene ring substituents is 1. The van der Waals surface area contributed by atoms with Crippen LogP contribution in [0.2, 0.25) is 0 Å². The van der Waals surface area contributed by atoms with Crippen LogP contribution in [0.3, 0.4) is 0 Å². The van der Waals surface area contributed by atoms with Gasteiger partial charge in [0, 0.05) is 23.7 Å². The number of rotatable bonds is 3. The standard InChI is InChI=1S/C13H17N3O3/c1-9-3-4-10(7-11(9)16(18)19)12(17)15-13(2)5-6-14-8-13/h3-4,7,14H,5-6,8H2,1-2H3,(H,15,17). The van der Waals surface area contributed by atoms with E-state index in [1.165, 1.54) is 6.07 Å². The Bertz CT molecular complexity index is 522. The Labute approximate surface area is 111 Å². The van der Waals surface area contributed by atoms with Gasteiger partial charge in [0.25, 0.3) is 11.6 Å². The Hall–Kier alpha value is -1.95. The lowest BCUT2D eigenvalue weighted by atomic mass is 10.0. The van der Waals surface area contributed by atoms with Crippen molar-refractivity contribution in [2.45, 2.75) is 25.8 Å². The molecule has 6 heteroatoms. The fourth-order valence-electron chi connectivity index (χ4n) is 2.22. The van der Waals surface area contributed by atoms with Gasteiger partial charge in [-0.3, -0.25) is 14.9 Å².